The Bertz CT molecular complexity index is 771. The third kappa shape index (κ3) is 2.80. The van der Waals surface area contributed by atoms with Crippen molar-refractivity contribution in [3.05, 3.63) is 42.4 Å². The molecule has 0 saturated carbocycles. The standard InChI is InChI=1S/C15H16N6/c1-2-3-11-9-14(21-16)20-15(19-11)10-4-5-12-13(8-10)18-7-6-17-12/h4-9H,2-3,16H2,1H3,(H,19,20,21). The lowest BCUT2D eigenvalue weighted by Gasteiger charge is -2.07. The van der Waals surface area contributed by atoms with Crippen LogP contribution in [0.3, 0.4) is 0 Å². The number of fused-ring (bicyclic) bond motifs is 1. The molecule has 6 nitrogen and oxygen atoms in total. The largest absolute Gasteiger partial charge is 0.308 e. The zero-order valence-electron chi connectivity index (χ0n) is 11.7. The van der Waals surface area contributed by atoms with Crippen LogP contribution in [-0.4, -0.2) is 19.9 Å². The van der Waals surface area contributed by atoms with Crippen molar-refractivity contribution in [2.24, 2.45) is 5.84 Å². The number of nitrogens with one attached hydrogen (secondary N) is 1. The Morgan fingerprint density at radius 2 is 1.86 bits per heavy atom. The highest BCUT2D eigenvalue weighted by atomic mass is 15.3. The molecule has 6 heteroatoms. The van der Waals surface area contributed by atoms with Crippen LogP contribution in [0.1, 0.15) is 19.0 Å². The molecule has 0 saturated heterocycles. The molecule has 0 unspecified atom stereocenters. The van der Waals surface area contributed by atoms with Gasteiger partial charge in [0.25, 0.3) is 0 Å². The number of anilines is 1. The summed E-state index contributed by atoms with van der Waals surface area (Å²) in [5, 5.41) is 0. The first kappa shape index (κ1) is 13.4. The molecule has 0 bridgehead atoms. The van der Waals surface area contributed by atoms with Gasteiger partial charge in [-0.05, 0) is 24.6 Å². The number of aryl methyl sites for hydroxylation is 1. The number of nitrogen functional groups attached to an aromatic ring is 1. The van der Waals surface area contributed by atoms with E-state index in [4.69, 9.17) is 5.84 Å². The number of nitrogens with zero attached hydrogens (tertiary/aromatic N) is 4. The number of rotatable bonds is 4. The van der Waals surface area contributed by atoms with Gasteiger partial charge in [-0.15, -0.1) is 0 Å². The second-order valence-electron chi connectivity index (χ2n) is 4.72. The van der Waals surface area contributed by atoms with E-state index in [1.165, 1.54) is 0 Å². The molecule has 21 heavy (non-hydrogen) atoms. The van der Waals surface area contributed by atoms with E-state index in [9.17, 15) is 0 Å². The van der Waals surface area contributed by atoms with E-state index in [-0.39, 0.29) is 0 Å². The molecule has 2 aromatic heterocycles. The van der Waals surface area contributed by atoms with Gasteiger partial charge in [-0.3, -0.25) is 9.97 Å². The molecule has 0 amide bonds. The van der Waals surface area contributed by atoms with Crippen LogP contribution < -0.4 is 11.3 Å². The van der Waals surface area contributed by atoms with Crippen molar-refractivity contribution in [3.8, 4) is 11.4 Å². The van der Waals surface area contributed by atoms with E-state index in [1.807, 2.05) is 24.3 Å². The summed E-state index contributed by atoms with van der Waals surface area (Å²) in [5.74, 6) is 6.74. The van der Waals surface area contributed by atoms with Crippen LogP contribution in [0.25, 0.3) is 22.4 Å². The van der Waals surface area contributed by atoms with Gasteiger partial charge >= 0.3 is 0 Å². The maximum absolute atomic E-state index is 5.49. The Morgan fingerprint density at radius 3 is 2.62 bits per heavy atom. The Balaban J connectivity index is 2.10. The van der Waals surface area contributed by atoms with Crippen LogP contribution in [0.5, 0.6) is 0 Å². The maximum atomic E-state index is 5.49. The molecule has 1 aromatic carbocycles. The molecule has 0 atom stereocenters. The SMILES string of the molecule is CCCc1cc(NN)nc(-c2ccc3nccnc3c2)n1. The first-order valence-corrected chi connectivity index (χ1v) is 6.86. The van der Waals surface area contributed by atoms with Gasteiger partial charge in [-0.1, -0.05) is 13.3 Å². The van der Waals surface area contributed by atoms with E-state index in [0.29, 0.717) is 11.6 Å². The van der Waals surface area contributed by atoms with Gasteiger partial charge in [0.2, 0.25) is 0 Å². The molecule has 0 aliphatic heterocycles. The molecule has 106 valence electrons. The van der Waals surface area contributed by atoms with Crippen molar-refractivity contribution in [2.75, 3.05) is 5.43 Å². The first-order valence-electron chi connectivity index (χ1n) is 6.86. The van der Waals surface area contributed by atoms with Crippen LogP contribution in [0.15, 0.2) is 36.7 Å². The summed E-state index contributed by atoms with van der Waals surface area (Å²) in [7, 11) is 0. The quantitative estimate of drug-likeness (QED) is 0.563. The summed E-state index contributed by atoms with van der Waals surface area (Å²) in [4.78, 5) is 17.6. The minimum absolute atomic E-state index is 0.614. The van der Waals surface area contributed by atoms with Crippen LogP contribution in [-0.2, 0) is 6.42 Å². The topological polar surface area (TPSA) is 89.6 Å². The predicted octanol–water partition coefficient (Wildman–Crippen LogP) is 2.32. The van der Waals surface area contributed by atoms with Crippen LogP contribution in [0, 0.1) is 0 Å². The molecule has 0 fully saturated rings. The Morgan fingerprint density at radius 1 is 1.05 bits per heavy atom. The lowest BCUT2D eigenvalue weighted by atomic mass is 10.1. The van der Waals surface area contributed by atoms with Crippen molar-refractivity contribution >= 4 is 16.9 Å². The summed E-state index contributed by atoms with van der Waals surface area (Å²) in [6.45, 7) is 2.11. The zero-order valence-corrected chi connectivity index (χ0v) is 11.7. The van der Waals surface area contributed by atoms with Crippen molar-refractivity contribution in [3.63, 3.8) is 0 Å². The number of hydrogen-bond donors (Lipinski definition) is 2. The van der Waals surface area contributed by atoms with Gasteiger partial charge in [0.1, 0.15) is 5.82 Å². The number of hydrazine groups is 1. The van der Waals surface area contributed by atoms with E-state index in [0.717, 1.165) is 35.1 Å². The van der Waals surface area contributed by atoms with Gasteiger partial charge in [-0.25, -0.2) is 15.8 Å². The molecular formula is C15H16N6. The Hall–Kier alpha value is -2.60. The van der Waals surface area contributed by atoms with Gasteiger partial charge in [0, 0.05) is 29.7 Å². The summed E-state index contributed by atoms with van der Waals surface area (Å²) in [6.07, 6.45) is 5.26. The van der Waals surface area contributed by atoms with E-state index >= 15 is 0 Å². The zero-order chi connectivity index (χ0) is 14.7. The Labute approximate surface area is 122 Å². The molecule has 0 spiro atoms. The fourth-order valence-corrected chi connectivity index (χ4v) is 2.19. The Kier molecular flexibility index (Phi) is 3.70. The molecule has 2 heterocycles. The molecule has 0 aliphatic carbocycles. The normalized spacial score (nSPS) is 10.8. The third-order valence-electron chi connectivity index (χ3n) is 3.16. The van der Waals surface area contributed by atoms with Gasteiger partial charge in [0.05, 0.1) is 11.0 Å². The van der Waals surface area contributed by atoms with E-state index < -0.39 is 0 Å². The highest BCUT2D eigenvalue weighted by Crippen LogP contribution is 2.21. The van der Waals surface area contributed by atoms with Crippen molar-refractivity contribution < 1.29 is 0 Å². The lowest BCUT2D eigenvalue weighted by Crippen LogP contribution is -2.10. The summed E-state index contributed by atoms with van der Waals surface area (Å²) in [6, 6.07) is 7.67. The smallest absolute Gasteiger partial charge is 0.161 e. The van der Waals surface area contributed by atoms with Gasteiger partial charge in [0.15, 0.2) is 5.82 Å². The average molecular weight is 280 g/mol. The molecule has 0 radical (unpaired) electrons. The molecule has 3 rings (SSSR count). The number of nitrogens with two attached hydrogens (primary N) is 1. The van der Waals surface area contributed by atoms with E-state index in [1.54, 1.807) is 12.4 Å². The van der Waals surface area contributed by atoms with Gasteiger partial charge in [-0.2, -0.15) is 0 Å². The lowest BCUT2D eigenvalue weighted by molar-refractivity contribution is 0.875. The number of aromatic nitrogens is 4. The van der Waals surface area contributed by atoms with Crippen LogP contribution in [0.2, 0.25) is 0 Å². The fourth-order valence-electron chi connectivity index (χ4n) is 2.19. The summed E-state index contributed by atoms with van der Waals surface area (Å²) >= 11 is 0. The van der Waals surface area contributed by atoms with Crippen molar-refractivity contribution in [1.29, 1.82) is 0 Å². The molecular weight excluding hydrogens is 264 g/mol. The highest BCUT2D eigenvalue weighted by molar-refractivity contribution is 5.79. The number of benzene rings is 1. The summed E-state index contributed by atoms with van der Waals surface area (Å²) in [5.41, 5.74) is 6.13. The highest BCUT2D eigenvalue weighted by Gasteiger charge is 2.07. The first-order chi connectivity index (χ1) is 10.3. The maximum Gasteiger partial charge on any atom is 0.161 e. The van der Waals surface area contributed by atoms with E-state index in [2.05, 4.69) is 32.3 Å². The molecule has 0 aliphatic rings. The van der Waals surface area contributed by atoms with Crippen molar-refractivity contribution in [2.45, 2.75) is 19.8 Å². The average Bonchev–Trinajstić information content (AvgIpc) is 2.54. The fraction of sp³-hybridized carbons (Fsp3) is 0.200. The van der Waals surface area contributed by atoms with Gasteiger partial charge < -0.3 is 5.43 Å². The second kappa shape index (κ2) is 5.80. The van der Waals surface area contributed by atoms with Crippen LogP contribution in [0.4, 0.5) is 5.82 Å². The van der Waals surface area contributed by atoms with Crippen LogP contribution >= 0.6 is 0 Å². The predicted molar refractivity (Wildman–Crippen MR) is 82.4 cm³/mol. The number of hydrogen-bond acceptors (Lipinski definition) is 6. The third-order valence-corrected chi connectivity index (χ3v) is 3.16. The van der Waals surface area contributed by atoms with Crippen molar-refractivity contribution in [1.82, 2.24) is 19.9 Å². The minimum atomic E-state index is 0.614. The minimum Gasteiger partial charge on any atom is -0.308 e. The molecule has 3 aromatic rings. The second-order valence-corrected chi connectivity index (χ2v) is 4.72. The molecule has 3 N–H and O–H groups in total. The summed E-state index contributed by atoms with van der Waals surface area (Å²) < 4.78 is 0. The monoisotopic (exact) mass is 280 g/mol.